The number of rotatable bonds is 10. The summed E-state index contributed by atoms with van der Waals surface area (Å²) in [6, 6.07) is 17.0. The molecule has 340 valence electrons. The van der Waals surface area contributed by atoms with E-state index in [1.807, 2.05) is 28.0 Å². The number of imidazole rings is 2. The molecule has 1 unspecified atom stereocenters. The van der Waals surface area contributed by atoms with E-state index in [0.717, 1.165) is 70.0 Å². The number of carbonyl (C=O) groups excluding carboxylic acids is 4. The molecule has 6 fully saturated rings. The largest absolute Gasteiger partial charge is 0.453 e. The normalized spacial score (nSPS) is 26.1. The smallest absolute Gasteiger partial charge is 0.407 e. The molecule has 0 spiro atoms. The number of benzene rings is 3. The minimum absolute atomic E-state index is 0.0346. The third kappa shape index (κ3) is 7.76. The molecule has 6 heterocycles. The van der Waals surface area contributed by atoms with Crippen molar-refractivity contribution in [1.29, 1.82) is 0 Å². The van der Waals surface area contributed by atoms with E-state index in [1.54, 1.807) is 0 Å². The lowest BCUT2D eigenvalue weighted by atomic mass is 9.90. The van der Waals surface area contributed by atoms with Crippen LogP contribution < -0.4 is 10.6 Å². The van der Waals surface area contributed by atoms with Crippen molar-refractivity contribution in [3.8, 4) is 22.4 Å². The summed E-state index contributed by atoms with van der Waals surface area (Å²) in [6.45, 7) is 2.21. The van der Waals surface area contributed by atoms with Crippen molar-refractivity contribution in [2.45, 2.75) is 87.6 Å². The Morgan fingerprint density at radius 2 is 1.20 bits per heavy atom. The maximum Gasteiger partial charge on any atom is 0.407 e. The first-order chi connectivity index (χ1) is 31.7. The fraction of sp³-hybridized carbons (Fsp3) is 0.500. The number of likely N-dealkylation sites (tertiary alicyclic amines) is 2. The Morgan fingerprint density at radius 1 is 0.677 bits per heavy atom. The van der Waals surface area contributed by atoms with Crippen LogP contribution in [0.15, 0.2) is 54.6 Å². The molecule has 6 aliphatic rings. The first kappa shape index (κ1) is 42.0. The lowest BCUT2D eigenvalue weighted by Crippen LogP contribution is -2.54. The highest BCUT2D eigenvalue weighted by molar-refractivity contribution is 6.32. The second-order valence-electron chi connectivity index (χ2n) is 18.6. The van der Waals surface area contributed by atoms with Crippen LogP contribution in [0.5, 0.6) is 0 Å². The van der Waals surface area contributed by atoms with Crippen molar-refractivity contribution < 1.29 is 38.1 Å². The molecule has 11 rings (SSSR count). The Labute approximate surface area is 380 Å². The first-order valence-corrected chi connectivity index (χ1v) is 23.3. The van der Waals surface area contributed by atoms with E-state index in [4.69, 9.17) is 40.5 Å². The first-order valence-electron chi connectivity index (χ1n) is 22.9. The molecular formula is C48H53ClN8O8. The average Bonchev–Trinajstić information content (AvgIpc) is 4.02. The Morgan fingerprint density at radius 3 is 1.75 bits per heavy atom. The van der Waals surface area contributed by atoms with E-state index in [0.29, 0.717) is 80.6 Å². The number of hydrogen-bond donors (Lipinski definition) is 4. The van der Waals surface area contributed by atoms with Crippen molar-refractivity contribution in [1.82, 2.24) is 40.4 Å². The Bertz CT molecular complexity index is 2660. The van der Waals surface area contributed by atoms with Gasteiger partial charge in [0.15, 0.2) is 0 Å². The fourth-order valence-corrected chi connectivity index (χ4v) is 11.5. The van der Waals surface area contributed by atoms with Gasteiger partial charge in [-0.3, -0.25) is 9.59 Å². The topological polar surface area (TPSA) is 193 Å². The highest BCUT2D eigenvalue weighted by atomic mass is 35.5. The SMILES string of the molecule is COC(=O)N[C@H](C(=O)N1C2C[C@@H]2C[C@H]1c1nc2c(ccc3cc(-c4ccc(-c5nc([C@@H]6C[C@H]7C[C@H]7N6C(=O)[C@@H](NC(=O)OC)C6CCOCC6)[nH]c5Cl)cc4)ccc32)[nH]1)C1CCOCC1. The third-order valence-electron chi connectivity index (χ3n) is 14.9. The Hall–Kier alpha value is -5.71. The standard InChI is InChI=1S/C48H53ClN8O8/c1-62-47(60)53-39(26-11-15-64-16-12-26)45(58)56-34-20-30(34)22-36(56)43-50-33-10-8-29-19-28(7-9-32(29)41(33)52-43)24-3-5-25(6-4-24)38-42(49)55-44(51-38)37-23-31-21-35(31)57(37)46(59)40(54-48(61)63-2)27-13-17-65-18-14-27/h3-10,19,26-27,30-31,34-37,39-40H,11-18,20-23H2,1-2H3,(H,50,52)(H,51,55)(H,53,60)(H,54,61)/t30-,31-,34?,35-,36+,37+,39+,40+/m1/s1. The lowest BCUT2D eigenvalue weighted by Gasteiger charge is -2.35. The van der Waals surface area contributed by atoms with Gasteiger partial charge < -0.3 is 49.3 Å². The number of methoxy groups -OCH3 is 2. The molecule has 2 saturated carbocycles. The summed E-state index contributed by atoms with van der Waals surface area (Å²) in [5.41, 5.74) is 5.28. The number of hydrogen-bond acceptors (Lipinski definition) is 10. The summed E-state index contributed by atoms with van der Waals surface area (Å²) in [6.07, 6.45) is 5.01. The molecule has 4 amide bonds. The van der Waals surface area contributed by atoms with Gasteiger partial charge in [-0.2, -0.15) is 0 Å². The van der Waals surface area contributed by atoms with Crippen LogP contribution in [0, 0.1) is 23.7 Å². The number of halogens is 1. The van der Waals surface area contributed by atoms with Gasteiger partial charge in [-0.1, -0.05) is 54.1 Å². The van der Waals surface area contributed by atoms with Gasteiger partial charge in [0.25, 0.3) is 0 Å². The van der Waals surface area contributed by atoms with Crippen LogP contribution in [0.2, 0.25) is 5.15 Å². The van der Waals surface area contributed by atoms with Crippen molar-refractivity contribution >= 4 is 57.4 Å². The van der Waals surface area contributed by atoms with E-state index in [-0.39, 0.29) is 47.8 Å². The van der Waals surface area contributed by atoms with E-state index < -0.39 is 24.3 Å². The van der Waals surface area contributed by atoms with Crippen LogP contribution in [-0.4, -0.2) is 119 Å². The van der Waals surface area contributed by atoms with Gasteiger partial charge in [0.2, 0.25) is 11.8 Å². The molecule has 0 bridgehead atoms. The van der Waals surface area contributed by atoms with Gasteiger partial charge in [-0.05, 0) is 104 Å². The molecule has 2 aliphatic carbocycles. The molecule has 3 aromatic carbocycles. The predicted molar refractivity (Wildman–Crippen MR) is 240 cm³/mol. The zero-order valence-electron chi connectivity index (χ0n) is 36.4. The second-order valence-corrected chi connectivity index (χ2v) is 19.0. The minimum atomic E-state index is -0.714. The van der Waals surface area contributed by atoms with Gasteiger partial charge >= 0.3 is 12.2 Å². The summed E-state index contributed by atoms with van der Waals surface area (Å²) in [5, 5.41) is 8.16. The highest BCUT2D eigenvalue weighted by Crippen LogP contribution is 2.55. The average molecular weight is 905 g/mol. The van der Waals surface area contributed by atoms with Gasteiger partial charge in [-0.15, -0.1) is 0 Å². The molecule has 8 atom stereocenters. The number of piperidine rings is 2. The number of aromatic amines is 2. The third-order valence-corrected chi connectivity index (χ3v) is 15.2. The number of nitrogens with one attached hydrogen (secondary N) is 4. The number of fused-ring (bicyclic) bond motifs is 5. The number of amides is 4. The number of alkyl carbamates (subject to hydrolysis) is 2. The summed E-state index contributed by atoms with van der Waals surface area (Å²) in [5.74, 6) is 1.91. The van der Waals surface area contributed by atoms with E-state index >= 15 is 0 Å². The lowest BCUT2D eigenvalue weighted by molar-refractivity contribution is -0.138. The summed E-state index contributed by atoms with van der Waals surface area (Å²) in [4.78, 5) is 74.4. The van der Waals surface area contributed by atoms with Crippen LogP contribution in [-0.2, 0) is 28.5 Å². The van der Waals surface area contributed by atoms with Crippen LogP contribution in [0.4, 0.5) is 9.59 Å². The van der Waals surface area contributed by atoms with E-state index in [2.05, 4.69) is 57.0 Å². The van der Waals surface area contributed by atoms with E-state index in [9.17, 15) is 19.2 Å². The molecule has 65 heavy (non-hydrogen) atoms. The molecule has 4 N–H and O–H groups in total. The number of ether oxygens (including phenoxy) is 4. The zero-order valence-corrected chi connectivity index (χ0v) is 37.1. The number of H-pyrrole nitrogens is 2. The van der Waals surface area contributed by atoms with Gasteiger partial charge in [0.05, 0.1) is 37.3 Å². The van der Waals surface area contributed by atoms with Crippen molar-refractivity contribution in [3.63, 3.8) is 0 Å². The summed E-state index contributed by atoms with van der Waals surface area (Å²) in [7, 11) is 2.63. The molecule has 5 aromatic rings. The monoisotopic (exact) mass is 904 g/mol. The van der Waals surface area contributed by atoms with E-state index in [1.165, 1.54) is 14.2 Å². The molecule has 4 aliphatic heterocycles. The van der Waals surface area contributed by atoms with Crippen molar-refractivity contribution in [2.75, 3.05) is 40.6 Å². The number of carbonyl (C=O) groups is 4. The molecular weight excluding hydrogens is 852 g/mol. The minimum Gasteiger partial charge on any atom is -0.453 e. The maximum atomic E-state index is 14.4. The van der Waals surface area contributed by atoms with Gasteiger partial charge in [0, 0.05) is 49.5 Å². The molecule has 2 aromatic heterocycles. The maximum absolute atomic E-state index is 14.4. The predicted octanol–water partition coefficient (Wildman–Crippen LogP) is 7.05. The molecule has 0 radical (unpaired) electrons. The zero-order chi connectivity index (χ0) is 44.5. The molecule has 17 heteroatoms. The highest BCUT2D eigenvalue weighted by Gasteiger charge is 2.58. The second kappa shape index (κ2) is 16.9. The van der Waals surface area contributed by atoms with Crippen molar-refractivity contribution in [2.24, 2.45) is 23.7 Å². The number of nitrogens with zero attached hydrogens (tertiary/aromatic N) is 4. The Kier molecular flexibility index (Phi) is 10.9. The van der Waals surface area contributed by atoms with Crippen LogP contribution in [0.25, 0.3) is 44.2 Å². The number of aromatic nitrogens is 4. The summed E-state index contributed by atoms with van der Waals surface area (Å²) >= 11 is 6.86. The van der Waals surface area contributed by atoms with Crippen LogP contribution in [0.3, 0.4) is 0 Å². The van der Waals surface area contributed by atoms with Crippen molar-refractivity contribution in [3.05, 3.63) is 71.4 Å². The summed E-state index contributed by atoms with van der Waals surface area (Å²) < 4.78 is 21.0. The Balaban J connectivity index is 0.815. The van der Waals surface area contributed by atoms with Crippen LogP contribution >= 0.6 is 11.6 Å². The van der Waals surface area contributed by atoms with Gasteiger partial charge in [0.1, 0.15) is 34.6 Å². The fourth-order valence-electron chi connectivity index (χ4n) is 11.3. The molecule has 16 nitrogen and oxygen atoms in total. The van der Waals surface area contributed by atoms with Gasteiger partial charge in [-0.25, -0.2) is 19.6 Å². The quantitative estimate of drug-likeness (QED) is 0.113. The molecule has 4 saturated heterocycles. The van der Waals surface area contributed by atoms with Crippen LogP contribution in [0.1, 0.15) is 75.1 Å².